The Hall–Kier alpha value is -4.04. The largest absolute Gasteiger partial charge is 0.480 e. The Morgan fingerprint density at radius 1 is 0.800 bits per heavy atom. The van der Waals surface area contributed by atoms with Crippen LogP contribution < -0.4 is 33.2 Å². The number of aliphatic hydroxyl groups is 1. The molecule has 0 aromatic heterocycles. The van der Waals surface area contributed by atoms with Crippen molar-refractivity contribution in [1.29, 1.82) is 0 Å². The Morgan fingerprint density at radius 3 is 1.86 bits per heavy atom. The van der Waals surface area contributed by atoms with Gasteiger partial charge in [0.1, 0.15) is 18.1 Å². The molecule has 1 aromatic carbocycles. The van der Waals surface area contributed by atoms with E-state index < -0.39 is 72.7 Å². The third-order valence-corrected chi connectivity index (χ3v) is 4.78. The molecule has 0 saturated carbocycles. The molecule has 11 N–H and O–H groups in total. The monoisotopic (exact) mass is 494 g/mol. The van der Waals surface area contributed by atoms with Crippen LogP contribution >= 0.6 is 0 Å². The van der Waals surface area contributed by atoms with Crippen LogP contribution in [0.3, 0.4) is 0 Å². The van der Waals surface area contributed by atoms with Crippen LogP contribution in [-0.2, 0) is 35.2 Å². The summed E-state index contributed by atoms with van der Waals surface area (Å²) in [5, 5.41) is 25.7. The van der Waals surface area contributed by atoms with Gasteiger partial charge < -0.3 is 43.4 Å². The molecule has 14 heteroatoms. The van der Waals surface area contributed by atoms with Crippen molar-refractivity contribution in [3.63, 3.8) is 0 Å². The maximum absolute atomic E-state index is 12.8. The zero-order valence-corrected chi connectivity index (χ0v) is 18.8. The number of amides is 5. The number of hydrogen-bond donors (Lipinski definition) is 8. The number of aliphatic carboxylic acids is 1. The minimum atomic E-state index is -1.56. The molecular weight excluding hydrogens is 464 g/mol. The van der Waals surface area contributed by atoms with Gasteiger partial charge in [-0.2, -0.15) is 0 Å². The third-order valence-electron chi connectivity index (χ3n) is 4.78. The molecular formula is C21H30N6O8. The van der Waals surface area contributed by atoms with Gasteiger partial charge >= 0.3 is 5.97 Å². The van der Waals surface area contributed by atoms with E-state index in [1.807, 2.05) is 0 Å². The molecule has 0 fully saturated rings. The number of benzene rings is 1. The standard InChI is InChI=1S/C21H30N6O8/c22-12(9-17(24)30)18(31)27-15(10-28)20(33)25-13(6-7-16(23)29)19(32)26-14(21(34)35)8-11-4-2-1-3-5-11/h1-5,12-15,28H,6-10,22H2,(H2,23,29)(H2,24,30)(H,25,33)(H,26,32)(H,27,31)(H,34,35). The molecule has 14 nitrogen and oxygen atoms in total. The maximum Gasteiger partial charge on any atom is 0.326 e. The summed E-state index contributed by atoms with van der Waals surface area (Å²) >= 11 is 0. The average molecular weight is 495 g/mol. The summed E-state index contributed by atoms with van der Waals surface area (Å²) in [4.78, 5) is 71.2. The molecule has 0 spiro atoms. The van der Waals surface area contributed by atoms with Gasteiger partial charge in [0.05, 0.1) is 19.1 Å². The second-order valence-corrected chi connectivity index (χ2v) is 7.68. The summed E-state index contributed by atoms with van der Waals surface area (Å²) in [6.07, 6.45) is -1.16. The molecule has 35 heavy (non-hydrogen) atoms. The number of nitrogens with one attached hydrogen (secondary N) is 3. The quantitative estimate of drug-likeness (QED) is 0.119. The van der Waals surface area contributed by atoms with Gasteiger partial charge in [0, 0.05) is 12.8 Å². The summed E-state index contributed by atoms with van der Waals surface area (Å²) in [5.74, 6) is -5.86. The van der Waals surface area contributed by atoms with Crippen molar-refractivity contribution in [3.05, 3.63) is 35.9 Å². The van der Waals surface area contributed by atoms with Crippen LogP contribution in [0, 0.1) is 0 Å². The number of primary amides is 2. The van der Waals surface area contributed by atoms with Crippen molar-refractivity contribution < 1.29 is 39.0 Å². The number of nitrogens with two attached hydrogens (primary N) is 3. The number of carboxylic acid groups (broad SMARTS) is 1. The molecule has 4 unspecified atom stereocenters. The van der Waals surface area contributed by atoms with E-state index in [4.69, 9.17) is 17.2 Å². The SMILES string of the molecule is NC(=O)CCC(NC(=O)C(CO)NC(=O)C(N)CC(N)=O)C(=O)NC(Cc1ccccc1)C(=O)O. The fourth-order valence-corrected chi connectivity index (χ4v) is 2.93. The molecule has 4 atom stereocenters. The van der Waals surface area contributed by atoms with Gasteiger partial charge in [-0.3, -0.25) is 24.0 Å². The smallest absolute Gasteiger partial charge is 0.326 e. The number of carboxylic acids is 1. The summed E-state index contributed by atoms with van der Waals surface area (Å²) in [5.41, 5.74) is 16.2. The normalized spacial score (nSPS) is 14.0. The van der Waals surface area contributed by atoms with Crippen LogP contribution in [0.5, 0.6) is 0 Å². The van der Waals surface area contributed by atoms with Crippen molar-refractivity contribution in [2.45, 2.75) is 49.9 Å². The lowest BCUT2D eigenvalue weighted by Crippen LogP contribution is -2.58. The highest BCUT2D eigenvalue weighted by atomic mass is 16.4. The van der Waals surface area contributed by atoms with Gasteiger partial charge in [-0.25, -0.2) is 4.79 Å². The molecule has 0 aliphatic carbocycles. The Kier molecular flexibility index (Phi) is 11.8. The van der Waals surface area contributed by atoms with Gasteiger partial charge in [0.25, 0.3) is 0 Å². The second-order valence-electron chi connectivity index (χ2n) is 7.68. The highest BCUT2D eigenvalue weighted by molar-refractivity contribution is 5.95. The minimum Gasteiger partial charge on any atom is -0.480 e. The van der Waals surface area contributed by atoms with Gasteiger partial charge in [-0.05, 0) is 12.0 Å². The highest BCUT2D eigenvalue weighted by Crippen LogP contribution is 2.06. The summed E-state index contributed by atoms with van der Waals surface area (Å²) in [6, 6.07) is 2.77. The Morgan fingerprint density at radius 2 is 1.34 bits per heavy atom. The summed E-state index contributed by atoms with van der Waals surface area (Å²) in [6.45, 7) is -0.892. The number of carbonyl (C=O) groups excluding carboxylic acids is 5. The molecule has 5 amide bonds. The van der Waals surface area contributed by atoms with Crippen LogP contribution in [-0.4, -0.2) is 76.5 Å². The van der Waals surface area contributed by atoms with E-state index in [0.717, 1.165) is 0 Å². The van der Waals surface area contributed by atoms with E-state index in [9.17, 15) is 39.0 Å². The zero-order chi connectivity index (χ0) is 26.5. The van der Waals surface area contributed by atoms with Crippen molar-refractivity contribution >= 4 is 35.5 Å². The lowest BCUT2D eigenvalue weighted by molar-refractivity contribution is -0.142. The predicted octanol–water partition coefficient (Wildman–Crippen LogP) is -3.77. The second kappa shape index (κ2) is 14.3. The Balaban J connectivity index is 2.93. The van der Waals surface area contributed by atoms with E-state index in [-0.39, 0.29) is 19.3 Å². The maximum atomic E-state index is 12.8. The van der Waals surface area contributed by atoms with Crippen LogP contribution in [0.2, 0.25) is 0 Å². The molecule has 0 radical (unpaired) electrons. The molecule has 1 aromatic rings. The first-order chi connectivity index (χ1) is 16.4. The van der Waals surface area contributed by atoms with Crippen LogP contribution in [0.4, 0.5) is 0 Å². The molecule has 192 valence electrons. The Bertz CT molecular complexity index is 926. The average Bonchev–Trinajstić information content (AvgIpc) is 2.79. The molecule has 0 aliphatic heterocycles. The predicted molar refractivity (Wildman–Crippen MR) is 121 cm³/mol. The number of aliphatic hydroxyl groups excluding tert-OH is 1. The van der Waals surface area contributed by atoms with Gasteiger partial charge in [0.2, 0.25) is 29.5 Å². The van der Waals surface area contributed by atoms with E-state index in [2.05, 4.69) is 16.0 Å². The topological polar surface area (TPSA) is 257 Å². The van der Waals surface area contributed by atoms with Crippen molar-refractivity contribution in [3.8, 4) is 0 Å². The lowest BCUT2D eigenvalue weighted by Gasteiger charge is -2.24. The van der Waals surface area contributed by atoms with Crippen LogP contribution in [0.25, 0.3) is 0 Å². The van der Waals surface area contributed by atoms with Crippen molar-refractivity contribution in [2.75, 3.05) is 6.61 Å². The highest BCUT2D eigenvalue weighted by Gasteiger charge is 2.30. The number of carbonyl (C=O) groups is 6. The first-order valence-electron chi connectivity index (χ1n) is 10.6. The molecule has 0 saturated heterocycles. The molecule has 0 bridgehead atoms. The van der Waals surface area contributed by atoms with Crippen molar-refractivity contribution in [1.82, 2.24) is 16.0 Å². The van der Waals surface area contributed by atoms with E-state index in [1.54, 1.807) is 30.3 Å². The van der Waals surface area contributed by atoms with Crippen molar-refractivity contribution in [2.24, 2.45) is 17.2 Å². The van der Waals surface area contributed by atoms with Gasteiger partial charge in [-0.15, -0.1) is 0 Å². The first-order valence-corrected chi connectivity index (χ1v) is 10.6. The molecule has 1 rings (SSSR count). The first kappa shape index (κ1) is 29.0. The third kappa shape index (κ3) is 10.6. The fraction of sp³-hybridized carbons (Fsp3) is 0.429. The van der Waals surface area contributed by atoms with Crippen LogP contribution in [0.1, 0.15) is 24.8 Å². The Labute approximate surface area is 200 Å². The fourth-order valence-electron chi connectivity index (χ4n) is 2.93. The van der Waals surface area contributed by atoms with Gasteiger partial charge in [-0.1, -0.05) is 30.3 Å². The lowest BCUT2D eigenvalue weighted by atomic mass is 10.0. The van der Waals surface area contributed by atoms with E-state index >= 15 is 0 Å². The number of hydrogen-bond acceptors (Lipinski definition) is 8. The molecule has 0 heterocycles. The van der Waals surface area contributed by atoms with Crippen LogP contribution in [0.15, 0.2) is 30.3 Å². The summed E-state index contributed by atoms with van der Waals surface area (Å²) < 4.78 is 0. The van der Waals surface area contributed by atoms with E-state index in [1.165, 1.54) is 0 Å². The minimum absolute atomic E-state index is 0.0501. The van der Waals surface area contributed by atoms with Gasteiger partial charge in [0.15, 0.2) is 0 Å². The summed E-state index contributed by atoms with van der Waals surface area (Å²) in [7, 11) is 0. The number of rotatable bonds is 15. The zero-order valence-electron chi connectivity index (χ0n) is 18.8. The van der Waals surface area contributed by atoms with E-state index in [0.29, 0.717) is 5.56 Å². The molecule has 0 aliphatic rings.